The summed E-state index contributed by atoms with van der Waals surface area (Å²) >= 11 is 3.22. The average molecular weight is 457 g/mol. The summed E-state index contributed by atoms with van der Waals surface area (Å²) in [6.07, 6.45) is 0. The van der Waals surface area contributed by atoms with Crippen LogP contribution in [0, 0.1) is 0 Å². The van der Waals surface area contributed by atoms with Crippen LogP contribution in [0.15, 0.2) is 117 Å². The van der Waals surface area contributed by atoms with Crippen molar-refractivity contribution in [3.8, 4) is 0 Å². The van der Waals surface area contributed by atoms with Gasteiger partial charge in [0.15, 0.2) is 0 Å². The number of rotatable bonds is 4. The molecule has 0 atom stereocenters. The molecule has 0 radical (unpaired) electrons. The Morgan fingerprint density at radius 2 is 0.906 bits per heavy atom. The Labute approximate surface area is 197 Å². The van der Waals surface area contributed by atoms with Crippen molar-refractivity contribution in [3.63, 3.8) is 0 Å². The molecule has 0 aromatic heterocycles. The summed E-state index contributed by atoms with van der Waals surface area (Å²) in [4.78, 5) is 4.08. The minimum absolute atomic E-state index is 0.748. The van der Waals surface area contributed by atoms with E-state index >= 15 is 0 Å². The second kappa shape index (κ2) is 8.13. The van der Waals surface area contributed by atoms with Crippen LogP contribution in [0.1, 0.15) is 36.1 Å². The maximum Gasteiger partial charge on any atom is 0.115 e. The Bertz CT molecular complexity index is 1170. The van der Waals surface area contributed by atoms with Crippen molar-refractivity contribution in [3.05, 3.63) is 119 Å². The first-order valence-corrected chi connectivity index (χ1v) is 12.2. The van der Waals surface area contributed by atoms with Crippen LogP contribution in [-0.4, -0.2) is 10.2 Å². The zero-order valence-corrected chi connectivity index (χ0v) is 19.6. The highest BCUT2D eigenvalue weighted by molar-refractivity contribution is 7.99. The fourth-order valence-electron chi connectivity index (χ4n) is 4.55. The summed E-state index contributed by atoms with van der Waals surface area (Å²) in [5.41, 5.74) is 0.562. The number of benzene rings is 4. The highest BCUT2D eigenvalue weighted by Crippen LogP contribution is 2.53. The Morgan fingerprint density at radius 1 is 0.500 bits per heavy atom. The number of hydrogen-bond acceptors (Lipinski definition) is 4. The SMILES string of the molecule is CC1(O)c2cccc(Sc3ccccc3)c2C(C)(O)c2c(Sc3ccccc3)cccc21. The molecule has 0 saturated heterocycles. The smallest absolute Gasteiger partial charge is 0.115 e. The fraction of sp³-hybridized carbons (Fsp3) is 0.143. The zero-order chi connectivity index (χ0) is 22.3. The highest BCUT2D eigenvalue weighted by atomic mass is 32.2. The lowest BCUT2D eigenvalue weighted by atomic mass is 9.69. The lowest BCUT2D eigenvalue weighted by Gasteiger charge is -2.43. The van der Waals surface area contributed by atoms with Crippen LogP contribution in [0.4, 0.5) is 0 Å². The van der Waals surface area contributed by atoms with Gasteiger partial charge in [-0.2, -0.15) is 0 Å². The standard InChI is InChI=1S/C28H24O2S2/c1-27(29)21-15-9-17-23(31-19-11-5-3-6-12-19)25(21)28(2,30)26-22(27)16-10-18-24(26)32-20-13-7-4-8-14-20/h3-18,29-30H,1-2H3. The predicted octanol–water partition coefficient (Wildman–Crippen LogP) is 6.81. The van der Waals surface area contributed by atoms with Crippen molar-refractivity contribution in [1.29, 1.82) is 0 Å². The topological polar surface area (TPSA) is 40.5 Å². The van der Waals surface area contributed by atoms with Gasteiger partial charge in [-0.15, -0.1) is 0 Å². The van der Waals surface area contributed by atoms with Gasteiger partial charge in [0.2, 0.25) is 0 Å². The van der Waals surface area contributed by atoms with Crippen LogP contribution >= 0.6 is 23.5 Å². The van der Waals surface area contributed by atoms with E-state index in [9.17, 15) is 10.2 Å². The monoisotopic (exact) mass is 456 g/mol. The summed E-state index contributed by atoms with van der Waals surface area (Å²) in [5.74, 6) is 0. The van der Waals surface area contributed by atoms with Gasteiger partial charge in [-0.05, 0) is 61.4 Å². The van der Waals surface area contributed by atoms with Crippen molar-refractivity contribution < 1.29 is 10.2 Å². The second-order valence-electron chi connectivity index (χ2n) is 8.33. The molecule has 2 nitrogen and oxygen atoms in total. The van der Waals surface area contributed by atoms with Gasteiger partial charge in [-0.1, -0.05) is 84.2 Å². The maximum absolute atomic E-state index is 12.1. The van der Waals surface area contributed by atoms with Gasteiger partial charge in [0, 0.05) is 30.7 Å². The molecule has 0 saturated carbocycles. The van der Waals surface area contributed by atoms with Gasteiger partial charge in [0.1, 0.15) is 11.2 Å². The van der Waals surface area contributed by atoms with Crippen LogP contribution in [0.3, 0.4) is 0 Å². The van der Waals surface area contributed by atoms with E-state index in [0.29, 0.717) is 0 Å². The minimum atomic E-state index is -1.26. The molecule has 4 heteroatoms. The summed E-state index contributed by atoms with van der Waals surface area (Å²) in [5, 5.41) is 23.9. The molecule has 0 spiro atoms. The van der Waals surface area contributed by atoms with Crippen molar-refractivity contribution >= 4 is 23.5 Å². The molecule has 0 aliphatic heterocycles. The van der Waals surface area contributed by atoms with E-state index < -0.39 is 11.2 Å². The molecular formula is C28H24O2S2. The first kappa shape index (κ1) is 21.4. The van der Waals surface area contributed by atoms with Gasteiger partial charge in [-0.25, -0.2) is 0 Å². The van der Waals surface area contributed by atoms with Crippen LogP contribution < -0.4 is 0 Å². The molecular weight excluding hydrogens is 432 g/mol. The summed E-state index contributed by atoms with van der Waals surface area (Å²) < 4.78 is 0. The molecule has 1 aliphatic carbocycles. The van der Waals surface area contributed by atoms with Gasteiger partial charge >= 0.3 is 0 Å². The molecule has 0 heterocycles. The van der Waals surface area contributed by atoms with Crippen molar-refractivity contribution in [1.82, 2.24) is 0 Å². The van der Waals surface area contributed by atoms with Crippen LogP contribution in [0.2, 0.25) is 0 Å². The Kier molecular flexibility index (Phi) is 5.42. The third-order valence-corrected chi connectivity index (χ3v) is 8.15. The molecule has 0 unspecified atom stereocenters. The van der Waals surface area contributed by atoms with Gasteiger partial charge in [-0.3, -0.25) is 0 Å². The van der Waals surface area contributed by atoms with Gasteiger partial charge < -0.3 is 10.2 Å². The van der Waals surface area contributed by atoms with E-state index in [4.69, 9.17) is 0 Å². The van der Waals surface area contributed by atoms with Crippen molar-refractivity contribution in [2.24, 2.45) is 0 Å². The van der Waals surface area contributed by atoms with E-state index in [2.05, 4.69) is 24.3 Å². The summed E-state index contributed by atoms with van der Waals surface area (Å²) in [6.45, 7) is 3.68. The summed E-state index contributed by atoms with van der Waals surface area (Å²) in [6, 6.07) is 32.1. The largest absolute Gasteiger partial charge is 0.381 e. The Morgan fingerprint density at radius 3 is 1.31 bits per heavy atom. The zero-order valence-electron chi connectivity index (χ0n) is 17.9. The van der Waals surface area contributed by atoms with Gasteiger partial charge in [0.05, 0.1) is 0 Å². The molecule has 2 N–H and O–H groups in total. The van der Waals surface area contributed by atoms with E-state index in [1.165, 1.54) is 0 Å². The van der Waals surface area contributed by atoms with E-state index in [1.54, 1.807) is 23.5 Å². The van der Waals surface area contributed by atoms with Crippen LogP contribution in [0.25, 0.3) is 0 Å². The number of aliphatic hydroxyl groups is 2. The highest BCUT2D eigenvalue weighted by Gasteiger charge is 2.47. The molecule has 4 aromatic carbocycles. The van der Waals surface area contributed by atoms with Crippen LogP contribution in [0.5, 0.6) is 0 Å². The molecule has 160 valence electrons. The Balaban J connectivity index is 1.70. The fourth-order valence-corrected chi connectivity index (χ4v) is 6.76. The third kappa shape index (κ3) is 3.57. The molecule has 4 aromatic rings. The molecule has 1 aliphatic rings. The average Bonchev–Trinajstić information content (AvgIpc) is 2.79. The second-order valence-corrected chi connectivity index (χ2v) is 10.6. The first-order valence-electron chi connectivity index (χ1n) is 10.6. The third-order valence-electron chi connectivity index (χ3n) is 6.02. The molecule has 32 heavy (non-hydrogen) atoms. The number of hydrogen-bond donors (Lipinski definition) is 2. The van der Waals surface area contributed by atoms with Crippen LogP contribution in [-0.2, 0) is 11.2 Å². The van der Waals surface area contributed by atoms with E-state index in [1.807, 2.05) is 86.6 Å². The minimum Gasteiger partial charge on any atom is -0.381 e. The summed E-state index contributed by atoms with van der Waals surface area (Å²) in [7, 11) is 0. The molecule has 0 amide bonds. The quantitative estimate of drug-likeness (QED) is 0.354. The Hall–Kier alpha value is -2.50. The first-order chi connectivity index (χ1) is 15.4. The van der Waals surface area contributed by atoms with E-state index in [0.717, 1.165) is 41.8 Å². The van der Waals surface area contributed by atoms with Crippen molar-refractivity contribution in [2.75, 3.05) is 0 Å². The maximum atomic E-state index is 12.1. The van der Waals surface area contributed by atoms with Crippen molar-refractivity contribution in [2.45, 2.75) is 44.6 Å². The molecule has 5 rings (SSSR count). The normalized spacial score (nSPS) is 21.6. The van der Waals surface area contributed by atoms with E-state index in [-0.39, 0.29) is 0 Å². The predicted molar refractivity (Wildman–Crippen MR) is 131 cm³/mol. The molecule has 0 bridgehead atoms. The lowest BCUT2D eigenvalue weighted by molar-refractivity contribution is 0.0465. The van der Waals surface area contributed by atoms with Gasteiger partial charge in [0.25, 0.3) is 0 Å². The lowest BCUT2D eigenvalue weighted by Crippen LogP contribution is -2.40. The number of fused-ring (bicyclic) bond motifs is 2. The molecule has 0 fully saturated rings.